The lowest BCUT2D eigenvalue weighted by Gasteiger charge is -2.15. The van der Waals surface area contributed by atoms with Crippen LogP contribution in [0.4, 0.5) is 0 Å². The Morgan fingerprint density at radius 3 is 2.88 bits per heavy atom. The van der Waals surface area contributed by atoms with Crippen LogP contribution in [0.2, 0.25) is 0 Å². The first-order valence-corrected chi connectivity index (χ1v) is 6.02. The van der Waals surface area contributed by atoms with E-state index in [9.17, 15) is 0 Å². The van der Waals surface area contributed by atoms with E-state index >= 15 is 0 Å². The molecule has 1 aliphatic heterocycles. The average Bonchev–Trinajstić information content (AvgIpc) is 3.00. The third-order valence-corrected chi connectivity index (χ3v) is 3.39. The maximum Gasteiger partial charge on any atom is 0.0490 e. The van der Waals surface area contributed by atoms with Crippen molar-refractivity contribution in [1.29, 1.82) is 0 Å². The summed E-state index contributed by atoms with van der Waals surface area (Å²) < 4.78 is 0. The second-order valence-electron chi connectivity index (χ2n) is 4.59. The van der Waals surface area contributed by atoms with Crippen LogP contribution in [0.1, 0.15) is 23.6 Å². The molecule has 0 aliphatic carbocycles. The second-order valence-corrected chi connectivity index (χ2v) is 4.59. The largest absolute Gasteiger partial charge is 0.298 e. The van der Waals surface area contributed by atoms with E-state index in [1.165, 1.54) is 17.7 Å². The molecule has 0 spiro atoms. The molecule has 4 heteroatoms. The van der Waals surface area contributed by atoms with Crippen molar-refractivity contribution in [1.82, 2.24) is 20.1 Å². The van der Waals surface area contributed by atoms with Crippen molar-refractivity contribution in [3.8, 4) is 0 Å². The zero-order chi connectivity index (χ0) is 11.5. The van der Waals surface area contributed by atoms with E-state index in [1.54, 1.807) is 0 Å². The van der Waals surface area contributed by atoms with E-state index in [4.69, 9.17) is 0 Å². The number of likely N-dealkylation sites (tertiary alicyclic amines) is 1. The number of pyridine rings is 1. The molecule has 2 aromatic heterocycles. The predicted octanol–water partition coefficient (Wildman–Crippen LogP) is 1.79. The first-order chi connectivity index (χ1) is 8.42. The SMILES string of the molecule is c1cc(CN2CC[C@@H](c3ccn[nH]3)C2)ccn1. The van der Waals surface area contributed by atoms with Gasteiger partial charge in [-0.05, 0) is 36.7 Å². The lowest BCUT2D eigenvalue weighted by Crippen LogP contribution is -2.19. The number of hydrogen-bond donors (Lipinski definition) is 1. The van der Waals surface area contributed by atoms with Crippen LogP contribution in [0.3, 0.4) is 0 Å². The van der Waals surface area contributed by atoms with Crippen molar-refractivity contribution in [3.05, 3.63) is 48.0 Å². The molecule has 1 saturated heterocycles. The standard InChI is InChI=1S/C13H16N4/c1-5-14-6-2-11(1)9-17-8-4-12(10-17)13-3-7-15-16-13/h1-3,5-7,12H,4,8-10H2,(H,15,16)/t12-/m1/s1. The fourth-order valence-electron chi connectivity index (χ4n) is 2.47. The minimum Gasteiger partial charge on any atom is -0.298 e. The highest BCUT2D eigenvalue weighted by molar-refractivity contribution is 5.12. The molecule has 3 rings (SSSR count). The molecule has 1 N–H and O–H groups in total. The Kier molecular flexibility index (Phi) is 2.88. The summed E-state index contributed by atoms with van der Waals surface area (Å²) in [4.78, 5) is 6.53. The molecule has 0 aromatic carbocycles. The van der Waals surface area contributed by atoms with Gasteiger partial charge in [0.2, 0.25) is 0 Å². The van der Waals surface area contributed by atoms with Crippen LogP contribution < -0.4 is 0 Å². The molecule has 0 unspecified atom stereocenters. The van der Waals surface area contributed by atoms with Gasteiger partial charge in [-0.1, -0.05) is 0 Å². The molecule has 17 heavy (non-hydrogen) atoms. The molecule has 2 aromatic rings. The van der Waals surface area contributed by atoms with Crippen LogP contribution in [0, 0.1) is 0 Å². The summed E-state index contributed by atoms with van der Waals surface area (Å²) in [6, 6.07) is 6.26. The fraction of sp³-hybridized carbons (Fsp3) is 0.385. The van der Waals surface area contributed by atoms with Crippen LogP contribution in [0.25, 0.3) is 0 Å². The summed E-state index contributed by atoms with van der Waals surface area (Å²) in [6.45, 7) is 3.30. The molecule has 3 heterocycles. The quantitative estimate of drug-likeness (QED) is 0.871. The summed E-state index contributed by atoms with van der Waals surface area (Å²) >= 11 is 0. The van der Waals surface area contributed by atoms with Gasteiger partial charge in [0.25, 0.3) is 0 Å². The Hall–Kier alpha value is -1.68. The number of rotatable bonds is 3. The van der Waals surface area contributed by atoms with Crippen molar-refractivity contribution in [2.75, 3.05) is 13.1 Å². The molecule has 4 nitrogen and oxygen atoms in total. The Labute approximate surface area is 101 Å². The number of hydrogen-bond acceptors (Lipinski definition) is 3. The van der Waals surface area contributed by atoms with E-state index in [2.05, 4.69) is 38.3 Å². The first-order valence-electron chi connectivity index (χ1n) is 6.02. The van der Waals surface area contributed by atoms with Crippen molar-refractivity contribution in [2.24, 2.45) is 0 Å². The first kappa shape index (κ1) is 10.5. The zero-order valence-corrected chi connectivity index (χ0v) is 9.71. The highest BCUT2D eigenvalue weighted by Gasteiger charge is 2.24. The summed E-state index contributed by atoms with van der Waals surface area (Å²) in [5, 5.41) is 7.10. The normalized spacial score (nSPS) is 20.8. The number of aromatic amines is 1. The summed E-state index contributed by atoms with van der Waals surface area (Å²) in [6.07, 6.45) is 6.77. The van der Waals surface area contributed by atoms with Gasteiger partial charge in [0.15, 0.2) is 0 Å². The van der Waals surface area contributed by atoms with Gasteiger partial charge in [0.05, 0.1) is 0 Å². The van der Waals surface area contributed by atoms with Gasteiger partial charge in [0, 0.05) is 43.3 Å². The molecule has 0 saturated carbocycles. The fourth-order valence-corrected chi connectivity index (χ4v) is 2.47. The minimum atomic E-state index is 0.610. The van der Waals surface area contributed by atoms with E-state index in [1.807, 2.05) is 18.6 Å². The van der Waals surface area contributed by atoms with Crippen LogP contribution in [0.5, 0.6) is 0 Å². The Morgan fingerprint density at radius 1 is 1.24 bits per heavy atom. The maximum atomic E-state index is 4.04. The Bertz CT molecular complexity index is 452. The summed E-state index contributed by atoms with van der Waals surface area (Å²) in [5.74, 6) is 0.610. The maximum absolute atomic E-state index is 4.04. The van der Waals surface area contributed by atoms with E-state index in [0.29, 0.717) is 5.92 Å². The molecule has 1 fully saturated rings. The summed E-state index contributed by atoms with van der Waals surface area (Å²) in [5.41, 5.74) is 2.60. The van der Waals surface area contributed by atoms with E-state index in [-0.39, 0.29) is 0 Å². The highest BCUT2D eigenvalue weighted by Crippen LogP contribution is 2.26. The van der Waals surface area contributed by atoms with Gasteiger partial charge in [0.1, 0.15) is 0 Å². The molecule has 0 radical (unpaired) electrons. The monoisotopic (exact) mass is 228 g/mol. The van der Waals surface area contributed by atoms with E-state index in [0.717, 1.165) is 19.6 Å². The van der Waals surface area contributed by atoms with Crippen molar-refractivity contribution >= 4 is 0 Å². The summed E-state index contributed by atoms with van der Waals surface area (Å²) in [7, 11) is 0. The molecule has 1 atom stereocenters. The van der Waals surface area contributed by atoms with Crippen molar-refractivity contribution in [3.63, 3.8) is 0 Å². The average molecular weight is 228 g/mol. The minimum absolute atomic E-state index is 0.610. The number of nitrogens with zero attached hydrogens (tertiary/aromatic N) is 3. The molecular weight excluding hydrogens is 212 g/mol. The molecule has 0 bridgehead atoms. The number of H-pyrrole nitrogens is 1. The van der Waals surface area contributed by atoms with E-state index < -0.39 is 0 Å². The lowest BCUT2D eigenvalue weighted by molar-refractivity contribution is 0.326. The highest BCUT2D eigenvalue weighted by atomic mass is 15.2. The van der Waals surface area contributed by atoms with Crippen LogP contribution in [-0.2, 0) is 6.54 Å². The van der Waals surface area contributed by atoms with Gasteiger partial charge in [-0.2, -0.15) is 5.10 Å². The topological polar surface area (TPSA) is 44.8 Å². The van der Waals surface area contributed by atoms with Gasteiger partial charge in [-0.15, -0.1) is 0 Å². The molecule has 88 valence electrons. The number of aromatic nitrogens is 3. The van der Waals surface area contributed by atoms with Crippen molar-refractivity contribution in [2.45, 2.75) is 18.9 Å². The molecule has 0 amide bonds. The van der Waals surface area contributed by atoms with Gasteiger partial charge in [-0.3, -0.25) is 15.0 Å². The van der Waals surface area contributed by atoms with Gasteiger partial charge in [-0.25, -0.2) is 0 Å². The third kappa shape index (κ3) is 2.36. The molecular formula is C13H16N4. The smallest absolute Gasteiger partial charge is 0.0490 e. The molecule has 1 aliphatic rings. The predicted molar refractivity (Wildman–Crippen MR) is 65.5 cm³/mol. The second kappa shape index (κ2) is 4.67. The zero-order valence-electron chi connectivity index (χ0n) is 9.71. The van der Waals surface area contributed by atoms with Crippen LogP contribution in [-0.4, -0.2) is 33.2 Å². The Balaban J connectivity index is 1.61. The van der Waals surface area contributed by atoms with Crippen molar-refractivity contribution < 1.29 is 0 Å². The lowest BCUT2D eigenvalue weighted by atomic mass is 10.1. The van der Waals surface area contributed by atoms with Gasteiger partial charge >= 0.3 is 0 Å². The Morgan fingerprint density at radius 2 is 2.12 bits per heavy atom. The van der Waals surface area contributed by atoms with Gasteiger partial charge < -0.3 is 0 Å². The van der Waals surface area contributed by atoms with Crippen LogP contribution in [0.15, 0.2) is 36.8 Å². The number of nitrogens with one attached hydrogen (secondary N) is 1. The third-order valence-electron chi connectivity index (χ3n) is 3.39. The van der Waals surface area contributed by atoms with Crippen LogP contribution >= 0.6 is 0 Å².